The molecule has 0 aliphatic rings. The number of nitrogens with one attached hydrogen (secondary N) is 1. The van der Waals surface area contributed by atoms with Gasteiger partial charge in [-0.3, -0.25) is 9.59 Å². The molecule has 0 aromatic heterocycles. The lowest BCUT2D eigenvalue weighted by atomic mass is 9.77. The molecule has 0 spiro atoms. The molecule has 1 rings (SSSR count). The first-order valence-electron chi connectivity index (χ1n) is 5.10. The first-order chi connectivity index (χ1) is 7.59. The van der Waals surface area contributed by atoms with Gasteiger partial charge < -0.3 is 10.4 Å². The Morgan fingerprint density at radius 2 is 1.88 bits per heavy atom. The number of benzene rings is 1. The van der Waals surface area contributed by atoms with Crippen LogP contribution in [0.25, 0.3) is 0 Å². The molecule has 4 nitrogen and oxygen atoms in total. The van der Waals surface area contributed by atoms with Gasteiger partial charge in [0.05, 0.1) is 0 Å². The highest BCUT2D eigenvalue weighted by atomic mass is 16.4. The molecule has 0 fully saturated rings. The average molecular weight is 221 g/mol. The van der Waals surface area contributed by atoms with E-state index in [4.69, 9.17) is 0 Å². The third-order valence-corrected chi connectivity index (χ3v) is 2.78. The molecule has 1 unspecified atom stereocenters. The largest absolute Gasteiger partial charge is 0.480 e. The number of carboxylic acids is 1. The maximum absolute atomic E-state index is 11.8. The van der Waals surface area contributed by atoms with E-state index in [2.05, 4.69) is 5.32 Å². The predicted octanol–water partition coefficient (Wildman–Crippen LogP) is 1.16. The molecule has 0 heterocycles. The van der Waals surface area contributed by atoms with Crippen LogP contribution in [0.5, 0.6) is 0 Å². The van der Waals surface area contributed by atoms with E-state index in [1.54, 1.807) is 37.3 Å². The number of rotatable bonds is 4. The van der Waals surface area contributed by atoms with Crippen LogP contribution in [0.1, 0.15) is 18.9 Å². The second kappa shape index (κ2) is 4.79. The van der Waals surface area contributed by atoms with Crippen molar-refractivity contribution >= 4 is 11.9 Å². The minimum atomic E-state index is -1.49. The Labute approximate surface area is 94.3 Å². The van der Waals surface area contributed by atoms with Crippen molar-refractivity contribution in [1.29, 1.82) is 0 Å². The Morgan fingerprint density at radius 3 is 2.25 bits per heavy atom. The molecular weight excluding hydrogens is 206 g/mol. The molecule has 1 atom stereocenters. The van der Waals surface area contributed by atoms with Crippen molar-refractivity contribution in [3.8, 4) is 0 Å². The van der Waals surface area contributed by atoms with Crippen LogP contribution in [-0.4, -0.2) is 24.0 Å². The van der Waals surface area contributed by atoms with Gasteiger partial charge in [0.15, 0.2) is 5.41 Å². The summed E-state index contributed by atoms with van der Waals surface area (Å²) in [7, 11) is 1.44. The fraction of sp³-hybridized carbons (Fsp3) is 0.333. The number of amides is 1. The number of hydrogen-bond donors (Lipinski definition) is 2. The van der Waals surface area contributed by atoms with E-state index in [0.29, 0.717) is 5.56 Å². The van der Waals surface area contributed by atoms with Gasteiger partial charge in [0.2, 0.25) is 5.91 Å². The molecule has 2 N–H and O–H groups in total. The maximum atomic E-state index is 11.8. The Kier molecular flexibility index (Phi) is 3.66. The predicted molar refractivity (Wildman–Crippen MR) is 60.1 cm³/mol. The van der Waals surface area contributed by atoms with Crippen LogP contribution in [0.15, 0.2) is 30.3 Å². The summed E-state index contributed by atoms with van der Waals surface area (Å²) in [6.45, 7) is 1.69. The van der Waals surface area contributed by atoms with Gasteiger partial charge in [-0.15, -0.1) is 0 Å². The molecule has 0 aliphatic heterocycles. The number of likely N-dealkylation sites (N-methyl/N-ethyl adjacent to an activating group) is 1. The summed E-state index contributed by atoms with van der Waals surface area (Å²) in [6, 6.07) is 8.56. The number of carbonyl (C=O) groups is 2. The van der Waals surface area contributed by atoms with E-state index in [1.807, 2.05) is 0 Å². The molecule has 1 amide bonds. The Balaban J connectivity index is 3.35. The molecule has 1 aromatic carbocycles. The zero-order valence-electron chi connectivity index (χ0n) is 9.36. The van der Waals surface area contributed by atoms with Crippen molar-refractivity contribution in [3.63, 3.8) is 0 Å². The molecule has 0 aliphatic carbocycles. The third kappa shape index (κ3) is 1.78. The van der Waals surface area contributed by atoms with Crippen LogP contribution in [0, 0.1) is 0 Å². The fourth-order valence-corrected chi connectivity index (χ4v) is 1.80. The van der Waals surface area contributed by atoms with Crippen LogP contribution in [0.2, 0.25) is 0 Å². The molecular formula is C12H15NO3. The Hall–Kier alpha value is -1.84. The Bertz CT molecular complexity index is 389. The molecule has 1 aromatic rings. The second-order valence-corrected chi connectivity index (χ2v) is 3.51. The van der Waals surface area contributed by atoms with Crippen LogP contribution >= 0.6 is 0 Å². The van der Waals surface area contributed by atoms with Crippen molar-refractivity contribution in [2.45, 2.75) is 18.8 Å². The minimum absolute atomic E-state index is 0.214. The van der Waals surface area contributed by atoms with Gasteiger partial charge in [0.1, 0.15) is 0 Å². The van der Waals surface area contributed by atoms with Crippen molar-refractivity contribution < 1.29 is 14.7 Å². The fourth-order valence-electron chi connectivity index (χ4n) is 1.80. The van der Waals surface area contributed by atoms with Gasteiger partial charge >= 0.3 is 5.97 Å². The molecule has 0 saturated heterocycles. The molecule has 0 radical (unpaired) electrons. The summed E-state index contributed by atoms with van der Waals surface area (Å²) in [6.07, 6.45) is 0.214. The lowest BCUT2D eigenvalue weighted by molar-refractivity contribution is -0.149. The summed E-state index contributed by atoms with van der Waals surface area (Å²) < 4.78 is 0. The highest BCUT2D eigenvalue weighted by Crippen LogP contribution is 2.28. The molecule has 0 bridgehead atoms. The van der Waals surface area contributed by atoms with Gasteiger partial charge in [-0.1, -0.05) is 37.3 Å². The normalized spacial score (nSPS) is 13.9. The quantitative estimate of drug-likeness (QED) is 0.750. The summed E-state index contributed by atoms with van der Waals surface area (Å²) in [5, 5.41) is 11.7. The van der Waals surface area contributed by atoms with Crippen LogP contribution in [0.3, 0.4) is 0 Å². The van der Waals surface area contributed by atoms with Gasteiger partial charge in [-0.2, -0.15) is 0 Å². The Morgan fingerprint density at radius 1 is 1.31 bits per heavy atom. The summed E-state index contributed by atoms with van der Waals surface area (Å²) in [4.78, 5) is 23.2. The zero-order chi connectivity index (χ0) is 12.2. The highest BCUT2D eigenvalue weighted by molar-refractivity contribution is 6.07. The zero-order valence-corrected chi connectivity index (χ0v) is 9.36. The van der Waals surface area contributed by atoms with E-state index < -0.39 is 17.3 Å². The van der Waals surface area contributed by atoms with Crippen molar-refractivity contribution in [3.05, 3.63) is 35.9 Å². The molecule has 16 heavy (non-hydrogen) atoms. The minimum Gasteiger partial charge on any atom is -0.480 e. The van der Waals surface area contributed by atoms with E-state index in [0.717, 1.165) is 0 Å². The van der Waals surface area contributed by atoms with Gasteiger partial charge in [0.25, 0.3) is 0 Å². The SMILES string of the molecule is CCC(C(=O)O)(C(=O)NC)c1ccccc1. The summed E-state index contributed by atoms with van der Waals surface area (Å²) in [5.74, 6) is -1.62. The second-order valence-electron chi connectivity index (χ2n) is 3.51. The van der Waals surface area contributed by atoms with Crippen molar-refractivity contribution in [2.75, 3.05) is 7.05 Å². The van der Waals surface area contributed by atoms with Crippen molar-refractivity contribution in [2.24, 2.45) is 0 Å². The highest BCUT2D eigenvalue weighted by Gasteiger charge is 2.45. The van der Waals surface area contributed by atoms with E-state index in [-0.39, 0.29) is 6.42 Å². The molecule has 0 saturated carbocycles. The third-order valence-electron chi connectivity index (χ3n) is 2.78. The first kappa shape index (κ1) is 12.2. The van der Waals surface area contributed by atoms with Gasteiger partial charge in [-0.05, 0) is 12.0 Å². The molecule has 4 heteroatoms. The van der Waals surface area contributed by atoms with Crippen LogP contribution in [-0.2, 0) is 15.0 Å². The first-order valence-corrected chi connectivity index (χ1v) is 5.10. The monoisotopic (exact) mass is 221 g/mol. The molecule has 86 valence electrons. The number of hydrogen-bond acceptors (Lipinski definition) is 2. The maximum Gasteiger partial charge on any atom is 0.323 e. The van der Waals surface area contributed by atoms with Crippen LogP contribution < -0.4 is 5.32 Å². The number of aliphatic carboxylic acids is 1. The standard InChI is InChI=1S/C12H15NO3/c1-3-12(11(15)16,10(14)13-2)9-7-5-4-6-8-9/h4-8H,3H2,1-2H3,(H,13,14)(H,15,16). The smallest absolute Gasteiger partial charge is 0.323 e. The van der Waals surface area contributed by atoms with E-state index in [9.17, 15) is 14.7 Å². The lowest BCUT2D eigenvalue weighted by Crippen LogP contribution is -2.48. The summed E-state index contributed by atoms with van der Waals surface area (Å²) >= 11 is 0. The number of carboxylic acid groups (broad SMARTS) is 1. The van der Waals surface area contributed by atoms with Crippen molar-refractivity contribution in [1.82, 2.24) is 5.32 Å². The topological polar surface area (TPSA) is 66.4 Å². The summed E-state index contributed by atoms with van der Waals surface area (Å²) in [5.41, 5.74) is -0.986. The van der Waals surface area contributed by atoms with Gasteiger partial charge in [0, 0.05) is 7.05 Å². The lowest BCUT2D eigenvalue weighted by Gasteiger charge is -2.26. The van der Waals surface area contributed by atoms with E-state index in [1.165, 1.54) is 7.05 Å². The van der Waals surface area contributed by atoms with Gasteiger partial charge in [-0.25, -0.2) is 0 Å². The van der Waals surface area contributed by atoms with Crippen LogP contribution in [0.4, 0.5) is 0 Å². The number of carbonyl (C=O) groups excluding carboxylic acids is 1. The van der Waals surface area contributed by atoms with E-state index >= 15 is 0 Å². The average Bonchev–Trinajstić information content (AvgIpc) is 2.31.